The zero-order chi connectivity index (χ0) is 24.3. The quantitative estimate of drug-likeness (QED) is 0.467. The van der Waals surface area contributed by atoms with E-state index in [1.165, 1.54) is 22.6 Å². The Kier molecular flexibility index (Phi) is 5.28. The third-order valence-corrected chi connectivity index (χ3v) is 8.37. The molecule has 178 valence electrons. The first kappa shape index (κ1) is 22.6. The van der Waals surface area contributed by atoms with Gasteiger partial charge < -0.3 is 9.55 Å². The van der Waals surface area contributed by atoms with Gasteiger partial charge in [0.25, 0.3) is 0 Å². The van der Waals surface area contributed by atoms with Gasteiger partial charge in [-0.1, -0.05) is 13.0 Å². The molecule has 4 aromatic rings. The minimum absolute atomic E-state index is 0.0563. The predicted molar refractivity (Wildman–Crippen MR) is 121 cm³/mol. The number of benzene rings is 1. The summed E-state index contributed by atoms with van der Waals surface area (Å²) in [6.45, 7) is 2.25. The van der Waals surface area contributed by atoms with E-state index in [0.717, 1.165) is 17.5 Å². The Morgan fingerprint density at radius 2 is 1.94 bits per heavy atom. The molecule has 0 amide bonds. The van der Waals surface area contributed by atoms with Gasteiger partial charge in [-0.15, -0.1) is 0 Å². The van der Waals surface area contributed by atoms with Gasteiger partial charge in [0.1, 0.15) is 5.65 Å². The van der Waals surface area contributed by atoms with E-state index in [0.29, 0.717) is 29.0 Å². The van der Waals surface area contributed by atoms with E-state index >= 15 is 0 Å². The van der Waals surface area contributed by atoms with Crippen molar-refractivity contribution in [2.75, 3.05) is 13.1 Å². The summed E-state index contributed by atoms with van der Waals surface area (Å²) < 4.78 is 69.3. The number of nitrogens with one attached hydrogen (secondary N) is 1. The number of aromatic amines is 1. The summed E-state index contributed by atoms with van der Waals surface area (Å²) in [7, 11) is -4.16. The molecule has 0 bridgehead atoms. The molecule has 5 rings (SSSR count). The van der Waals surface area contributed by atoms with Crippen LogP contribution in [0, 0.1) is 5.92 Å². The molecule has 2 atom stereocenters. The van der Waals surface area contributed by atoms with Crippen molar-refractivity contribution in [1.29, 1.82) is 0 Å². The number of hydrogen-bond donors (Lipinski definition) is 1. The molecule has 0 saturated carbocycles. The minimum Gasteiger partial charge on any atom is -0.346 e. The van der Waals surface area contributed by atoms with E-state index in [9.17, 15) is 26.4 Å². The number of rotatable bonds is 3. The number of pyridine rings is 2. The fourth-order valence-electron chi connectivity index (χ4n) is 4.62. The van der Waals surface area contributed by atoms with Gasteiger partial charge in [-0.25, -0.2) is 13.4 Å². The van der Waals surface area contributed by atoms with Crippen LogP contribution in [-0.2, 0) is 16.2 Å². The van der Waals surface area contributed by atoms with Crippen molar-refractivity contribution in [2.45, 2.75) is 30.5 Å². The van der Waals surface area contributed by atoms with E-state index in [2.05, 4.69) is 9.97 Å². The second kappa shape index (κ2) is 7.95. The highest BCUT2D eigenvalue weighted by Gasteiger charge is 2.37. The van der Waals surface area contributed by atoms with Gasteiger partial charge in [0.2, 0.25) is 10.0 Å². The van der Waals surface area contributed by atoms with Crippen LogP contribution in [-0.4, -0.2) is 40.3 Å². The molecular formula is C23H21F3N4O3S. The Morgan fingerprint density at radius 3 is 2.71 bits per heavy atom. The van der Waals surface area contributed by atoms with Crippen molar-refractivity contribution in [1.82, 2.24) is 18.8 Å². The maximum atomic E-state index is 13.3. The normalized spacial score (nSPS) is 20.2. The van der Waals surface area contributed by atoms with Crippen LogP contribution in [0.2, 0.25) is 0 Å². The number of hydrogen-bond acceptors (Lipinski definition) is 4. The van der Waals surface area contributed by atoms with Crippen LogP contribution in [0.25, 0.3) is 21.9 Å². The second-order valence-electron chi connectivity index (χ2n) is 8.57. The van der Waals surface area contributed by atoms with Crippen LogP contribution in [0.4, 0.5) is 13.2 Å². The monoisotopic (exact) mass is 490 g/mol. The molecule has 2 unspecified atom stereocenters. The highest BCUT2D eigenvalue weighted by molar-refractivity contribution is 7.89. The zero-order valence-corrected chi connectivity index (χ0v) is 18.9. The fraction of sp³-hybridized carbons (Fsp3) is 0.304. The summed E-state index contributed by atoms with van der Waals surface area (Å²) in [6, 6.07) is 6.71. The van der Waals surface area contributed by atoms with E-state index in [1.807, 2.05) is 17.6 Å². The van der Waals surface area contributed by atoms with Crippen LogP contribution in [0.15, 0.2) is 64.7 Å². The molecule has 1 fully saturated rings. The number of sulfonamides is 1. The first-order valence-electron chi connectivity index (χ1n) is 10.7. The Balaban J connectivity index is 1.58. The maximum Gasteiger partial charge on any atom is 0.416 e. The number of halogens is 3. The van der Waals surface area contributed by atoms with Crippen LogP contribution < -0.4 is 5.43 Å². The first-order valence-corrected chi connectivity index (χ1v) is 12.2. The van der Waals surface area contributed by atoms with Gasteiger partial charge in [0.15, 0.2) is 5.43 Å². The molecule has 1 aliphatic rings. The average molecular weight is 491 g/mol. The summed E-state index contributed by atoms with van der Waals surface area (Å²) in [6.07, 6.45) is 0.733. The Bertz CT molecular complexity index is 1560. The van der Waals surface area contributed by atoms with Gasteiger partial charge in [0.05, 0.1) is 27.4 Å². The van der Waals surface area contributed by atoms with E-state index in [4.69, 9.17) is 0 Å². The molecule has 0 radical (unpaired) electrons. The molecule has 4 heterocycles. The molecule has 3 aromatic heterocycles. The van der Waals surface area contributed by atoms with Crippen molar-refractivity contribution in [2.24, 2.45) is 5.92 Å². The Labute approximate surface area is 192 Å². The largest absolute Gasteiger partial charge is 0.416 e. The Morgan fingerprint density at radius 1 is 1.15 bits per heavy atom. The molecule has 1 N–H and O–H groups in total. The number of alkyl halides is 3. The van der Waals surface area contributed by atoms with Gasteiger partial charge in [-0.05, 0) is 36.6 Å². The fourth-order valence-corrected chi connectivity index (χ4v) is 6.14. The lowest BCUT2D eigenvalue weighted by Crippen LogP contribution is -2.44. The lowest BCUT2D eigenvalue weighted by atomic mass is 9.94. The summed E-state index contributed by atoms with van der Waals surface area (Å²) in [5.74, 6) is 0.0563. The zero-order valence-electron chi connectivity index (χ0n) is 18.1. The van der Waals surface area contributed by atoms with Gasteiger partial charge in [0, 0.05) is 43.1 Å². The number of H-pyrrole nitrogens is 1. The Hall–Kier alpha value is -3.18. The average Bonchev–Trinajstić information content (AvgIpc) is 3.29. The van der Waals surface area contributed by atoms with E-state index in [1.54, 1.807) is 12.4 Å². The smallest absolute Gasteiger partial charge is 0.346 e. The molecule has 0 spiro atoms. The third-order valence-electron chi connectivity index (χ3n) is 6.51. The lowest BCUT2D eigenvalue weighted by Gasteiger charge is -2.38. The molecular weight excluding hydrogens is 469 g/mol. The second-order valence-corrected chi connectivity index (χ2v) is 10.5. The van der Waals surface area contributed by atoms with Gasteiger partial charge in [-0.3, -0.25) is 4.79 Å². The molecule has 1 aromatic carbocycles. The highest BCUT2D eigenvalue weighted by atomic mass is 32.2. The standard InChI is InChI=1S/C23H21F3N4O3S/c1-14-6-9-29(34(32,33)16-4-2-3-15(11-16)23(24,25)26)13-19(14)30-10-7-20(31)18-12-28-22-17(21(18)30)5-8-27-22/h2-5,7-8,10-12,14,19H,6,9,13H2,1H3,(H,27,28). The van der Waals surface area contributed by atoms with E-state index < -0.39 is 26.7 Å². The topological polar surface area (TPSA) is 88.1 Å². The molecule has 11 heteroatoms. The van der Waals surface area contributed by atoms with Crippen LogP contribution >= 0.6 is 0 Å². The number of piperidine rings is 1. The predicted octanol–water partition coefficient (Wildman–Crippen LogP) is 4.17. The number of fused-ring (bicyclic) bond motifs is 3. The van der Waals surface area contributed by atoms with Crippen LogP contribution in [0.3, 0.4) is 0 Å². The lowest BCUT2D eigenvalue weighted by molar-refractivity contribution is -0.137. The van der Waals surface area contributed by atoms with Crippen LogP contribution in [0.1, 0.15) is 24.9 Å². The van der Waals surface area contributed by atoms with Crippen molar-refractivity contribution < 1.29 is 21.6 Å². The van der Waals surface area contributed by atoms with Gasteiger partial charge in [-0.2, -0.15) is 17.5 Å². The summed E-state index contributed by atoms with van der Waals surface area (Å²) in [4.78, 5) is 19.4. The molecule has 1 saturated heterocycles. The van der Waals surface area contributed by atoms with Crippen molar-refractivity contribution >= 4 is 32.0 Å². The summed E-state index contributed by atoms with van der Waals surface area (Å²) >= 11 is 0. The summed E-state index contributed by atoms with van der Waals surface area (Å²) in [5, 5.41) is 1.15. The van der Waals surface area contributed by atoms with Gasteiger partial charge >= 0.3 is 6.18 Å². The minimum atomic E-state index is -4.64. The van der Waals surface area contributed by atoms with Crippen molar-refractivity contribution in [3.8, 4) is 0 Å². The van der Waals surface area contributed by atoms with Crippen molar-refractivity contribution in [3.05, 3.63) is 70.8 Å². The highest BCUT2D eigenvalue weighted by Crippen LogP contribution is 2.35. The SMILES string of the molecule is CC1CCN(S(=O)(=O)c2cccc(C(F)(F)F)c2)CC1n1ccc(=O)c2cnc3[nH]ccc3c21. The van der Waals surface area contributed by atoms with Crippen LogP contribution in [0.5, 0.6) is 0 Å². The first-order chi connectivity index (χ1) is 16.1. The molecule has 0 aliphatic carbocycles. The maximum absolute atomic E-state index is 13.3. The molecule has 34 heavy (non-hydrogen) atoms. The number of nitrogens with zero attached hydrogens (tertiary/aromatic N) is 3. The number of aromatic nitrogens is 3. The van der Waals surface area contributed by atoms with Crippen molar-refractivity contribution in [3.63, 3.8) is 0 Å². The summed E-state index contributed by atoms with van der Waals surface area (Å²) in [5.41, 5.74) is 0.0423. The molecule has 7 nitrogen and oxygen atoms in total. The molecule has 1 aliphatic heterocycles. The van der Waals surface area contributed by atoms with E-state index in [-0.39, 0.29) is 30.5 Å². The third kappa shape index (κ3) is 3.68.